The van der Waals surface area contributed by atoms with E-state index in [-0.39, 0.29) is 40.2 Å². The molecule has 7 N–H and O–H groups in total. The first kappa shape index (κ1) is 67.9. The maximum Gasteiger partial charge on any atom is 0.230 e. The van der Waals surface area contributed by atoms with E-state index < -0.39 is 33.8 Å². The Hall–Kier alpha value is -7.51. The van der Waals surface area contributed by atoms with Gasteiger partial charge in [0.2, 0.25) is 11.8 Å². The number of para-hydroxylation sites is 2. The molecule has 91 heavy (non-hydrogen) atoms. The fraction of sp³-hybridized carbons (Fsp3) is 0.392. The van der Waals surface area contributed by atoms with Crippen molar-refractivity contribution in [1.29, 1.82) is 0 Å². The van der Waals surface area contributed by atoms with Gasteiger partial charge < -0.3 is 50.9 Å². The molecule has 2 saturated carbocycles. The number of piperidine rings is 1. The lowest BCUT2D eigenvalue weighted by Gasteiger charge is -2.62. The van der Waals surface area contributed by atoms with Crippen LogP contribution in [0.2, 0.25) is 0 Å². The number of primary amides is 1. The third-order valence-corrected chi connectivity index (χ3v) is 21.2. The number of carbonyl (C=O) groups excluding carboxylic acids is 3. The third kappa shape index (κ3) is 15.9. The van der Waals surface area contributed by atoms with Gasteiger partial charge in [0.1, 0.15) is 17.3 Å². The van der Waals surface area contributed by atoms with Crippen LogP contribution in [0.25, 0.3) is 0 Å². The number of nitrogens with two attached hydrogens (primary N) is 1. The zero-order valence-corrected chi connectivity index (χ0v) is 55.3. The van der Waals surface area contributed by atoms with Gasteiger partial charge in [-0.15, -0.1) is 0 Å². The Bertz CT molecular complexity index is 3540. The van der Waals surface area contributed by atoms with Gasteiger partial charge in [0, 0.05) is 76.9 Å². The fourth-order valence-electron chi connectivity index (χ4n) is 13.8. The van der Waals surface area contributed by atoms with E-state index in [0.717, 1.165) is 73.6 Å². The molecular formula is C74H90N6O9S2. The Morgan fingerprint density at radius 3 is 1.91 bits per heavy atom. The normalized spacial score (nSPS) is 21.0. The molecule has 3 heterocycles. The van der Waals surface area contributed by atoms with E-state index >= 15 is 0 Å². The number of anilines is 3. The molecule has 2 amide bonds. The second-order valence-corrected chi connectivity index (χ2v) is 28.1. The summed E-state index contributed by atoms with van der Waals surface area (Å²) in [5.41, 5.74) is 12.0. The van der Waals surface area contributed by atoms with Crippen LogP contribution in [0.15, 0.2) is 180 Å². The monoisotopic (exact) mass is 1270 g/mol. The molecule has 3 aliphatic carbocycles. The van der Waals surface area contributed by atoms with Gasteiger partial charge in [0.25, 0.3) is 0 Å². The minimum atomic E-state index is -1.36. The smallest absolute Gasteiger partial charge is 0.230 e. The molecule has 7 aromatic carbocycles. The second kappa shape index (κ2) is 30.3. The van der Waals surface area contributed by atoms with Gasteiger partial charge in [-0.25, -0.2) is 0 Å². The van der Waals surface area contributed by atoms with E-state index in [4.69, 9.17) is 15.6 Å². The van der Waals surface area contributed by atoms with Crippen molar-refractivity contribution < 1.29 is 43.8 Å². The molecule has 15 nitrogen and oxygen atoms in total. The Morgan fingerprint density at radius 2 is 1.36 bits per heavy atom. The lowest BCUT2D eigenvalue weighted by Crippen LogP contribution is -2.76. The van der Waals surface area contributed by atoms with Gasteiger partial charge in [0.05, 0.1) is 27.6 Å². The number of aliphatic hydroxyl groups is 1. The van der Waals surface area contributed by atoms with Crippen LogP contribution in [0.5, 0.6) is 23.0 Å². The number of rotatable bonds is 16. The van der Waals surface area contributed by atoms with E-state index in [1.165, 1.54) is 58.6 Å². The Morgan fingerprint density at radius 1 is 0.769 bits per heavy atom. The molecule has 3 fully saturated rings. The van der Waals surface area contributed by atoms with Crippen LogP contribution in [-0.2, 0) is 37.0 Å². The van der Waals surface area contributed by atoms with Crippen LogP contribution in [0.4, 0.5) is 17.1 Å². The first-order valence-corrected chi connectivity index (χ1v) is 33.9. The molecule has 0 aromatic heterocycles. The zero-order chi connectivity index (χ0) is 65.1. The SMILES string of the molecule is CC(=O)Nc1ccc(O)cc1.CC(CN1c2ccccc2Sc2ccccc21)N(C)C.CC[C@@H](c1cccc(O)c1)[C@@H](C)CN(C)C.NC(=O)CS(=O)C(c1ccccc1)c1ccccc1.O=C1CC[C@@]2(O)[C@H]3Cc4ccc(O)c5c4[C@@]2(CCN3CC2CC2)[C@H]1O5. The minimum absolute atomic E-state index is 0.0454. The number of benzene rings is 7. The minimum Gasteiger partial charge on any atom is -0.508 e. The maximum absolute atomic E-state index is 12.7. The topological polar surface area (TPSA) is 209 Å². The standard InChI is InChI=1S/C20H23NO4.C17H20N2S.C15H15NO2S.C14H23NO.C8H9NO2/c22-13-4-3-12-9-15-20(24)6-5-14(23)18-19(20,16(12)17(13)25-18)7-8-21(15)10-11-1-2-11;1-13(18(2)3)12-19-14-8-4-6-10-16(14)20-17-11-7-5-9-15(17)19;16-14(17)11-19(18)15(12-7-3-1-4-8-12)13-9-5-2-6-10-13;1-5-14(11(2)10-15(3)4)12-7-6-8-13(16)9-12;1-6(10)9-7-2-4-8(11)5-3-7/h3-4,11,15,18,22,24H,1-2,5-10H2;4-11,13H,12H2,1-3H3;1-10,15H,11H2,(H2,16,17);6-9,11,14,16H,5,10H2,1-4H3;2-5,11H,1H3,(H,9,10)/t15-,18+,19+,20-;;;11-,14+;/m1..0./s1. The van der Waals surface area contributed by atoms with Crippen molar-refractivity contribution >= 4 is 57.2 Å². The van der Waals surface area contributed by atoms with Crippen LogP contribution in [0, 0.1) is 11.8 Å². The van der Waals surface area contributed by atoms with Crippen LogP contribution in [0.1, 0.15) is 105 Å². The predicted octanol–water partition coefficient (Wildman–Crippen LogP) is 12.2. The second-order valence-electron chi connectivity index (χ2n) is 25.4. The fourth-order valence-corrected chi connectivity index (χ4v) is 16.3. The number of ketones is 1. The number of nitrogens with one attached hydrogen (secondary N) is 1. The average Bonchev–Trinajstić information content (AvgIpc) is 1.59. The summed E-state index contributed by atoms with van der Waals surface area (Å²) in [4.78, 5) is 46.3. The third-order valence-electron chi connectivity index (χ3n) is 18.4. The highest BCUT2D eigenvalue weighted by Crippen LogP contribution is 2.65. The number of nitrogens with zero attached hydrogens (tertiary/aromatic N) is 4. The number of likely N-dealkylation sites (N-methyl/N-ethyl adjacent to an activating group) is 1. The molecular weight excluding hydrogens is 1180 g/mol. The highest BCUT2D eigenvalue weighted by Gasteiger charge is 2.73. The first-order valence-electron chi connectivity index (χ1n) is 31.7. The number of Topliss-reactive ketones (excluding diaryl/α,β-unsaturated/α-hetero) is 1. The van der Waals surface area contributed by atoms with Crippen LogP contribution < -0.4 is 20.7 Å². The molecule has 13 rings (SSSR count). The van der Waals surface area contributed by atoms with Crippen LogP contribution in [0.3, 0.4) is 0 Å². The van der Waals surface area contributed by atoms with E-state index in [1.54, 1.807) is 24.3 Å². The molecule has 17 heteroatoms. The van der Waals surface area contributed by atoms with Gasteiger partial charge in [-0.2, -0.15) is 0 Å². The van der Waals surface area contributed by atoms with Gasteiger partial charge in [-0.05, 0) is 187 Å². The van der Waals surface area contributed by atoms with Gasteiger partial charge in [-0.1, -0.05) is 129 Å². The Labute approximate surface area is 544 Å². The molecule has 1 spiro atoms. The molecule has 1 saturated heterocycles. The van der Waals surface area contributed by atoms with E-state index in [2.05, 4.69) is 128 Å². The molecule has 7 aromatic rings. The number of amides is 2. The Balaban J connectivity index is 0.000000138. The van der Waals surface area contributed by atoms with E-state index in [0.29, 0.717) is 47.9 Å². The predicted molar refractivity (Wildman–Crippen MR) is 365 cm³/mol. The highest BCUT2D eigenvalue weighted by atomic mass is 32.2. The molecule has 3 aliphatic heterocycles. The lowest BCUT2D eigenvalue weighted by atomic mass is 9.49. The summed E-state index contributed by atoms with van der Waals surface area (Å²) in [5.74, 6) is 2.28. The van der Waals surface area contributed by atoms with Gasteiger partial charge >= 0.3 is 0 Å². The number of phenols is 3. The summed E-state index contributed by atoms with van der Waals surface area (Å²) in [7, 11) is 7.12. The lowest BCUT2D eigenvalue weighted by molar-refractivity contribution is -0.188. The van der Waals surface area contributed by atoms with Crippen LogP contribution >= 0.6 is 11.8 Å². The summed E-state index contributed by atoms with van der Waals surface area (Å²) in [6, 6.07) is 54.6. The van der Waals surface area contributed by atoms with Crippen molar-refractivity contribution in [3.05, 3.63) is 198 Å². The average molecular weight is 1270 g/mol. The molecule has 2 unspecified atom stereocenters. The Kier molecular flexibility index (Phi) is 22.6. The number of likely N-dealkylation sites (tertiary alicyclic amines) is 1. The van der Waals surface area contributed by atoms with Crippen molar-refractivity contribution in [2.75, 3.05) is 70.3 Å². The van der Waals surface area contributed by atoms with Gasteiger partial charge in [0.15, 0.2) is 23.4 Å². The van der Waals surface area contributed by atoms with Crippen molar-refractivity contribution in [2.45, 2.75) is 123 Å². The van der Waals surface area contributed by atoms with E-state index in [9.17, 15) is 33.9 Å². The molecule has 2 bridgehead atoms. The van der Waals surface area contributed by atoms with Crippen molar-refractivity contribution in [2.24, 2.45) is 17.6 Å². The van der Waals surface area contributed by atoms with Gasteiger partial charge in [-0.3, -0.25) is 23.5 Å². The summed E-state index contributed by atoms with van der Waals surface area (Å²) in [5, 5.41) is 42.9. The molecule has 0 radical (unpaired) electrons. The quantitative estimate of drug-likeness (QED) is 0.0498. The van der Waals surface area contributed by atoms with Crippen LogP contribution in [-0.4, -0.2) is 141 Å². The molecule has 482 valence electrons. The number of hydrogen-bond acceptors (Lipinski definition) is 14. The van der Waals surface area contributed by atoms with Crippen molar-refractivity contribution in [1.82, 2.24) is 14.7 Å². The summed E-state index contributed by atoms with van der Waals surface area (Å²) >= 11 is 1.87. The van der Waals surface area contributed by atoms with E-state index in [1.807, 2.05) is 90.6 Å². The zero-order valence-electron chi connectivity index (χ0n) is 53.7. The van der Waals surface area contributed by atoms with Crippen molar-refractivity contribution in [3.8, 4) is 23.0 Å². The number of phenolic OH excluding ortho intramolecular Hbond substituents is 3. The molecule has 6 aliphatic rings. The maximum atomic E-state index is 12.7. The highest BCUT2D eigenvalue weighted by molar-refractivity contribution is 7.99. The summed E-state index contributed by atoms with van der Waals surface area (Å²) in [6.45, 7) is 12.2. The largest absolute Gasteiger partial charge is 0.508 e. The number of hydrogen-bond donors (Lipinski definition) is 6. The first-order chi connectivity index (χ1) is 43.6. The number of carbonyl (C=O) groups is 3. The molecule has 8 atom stereocenters. The number of aromatic hydroxyl groups is 3. The van der Waals surface area contributed by atoms with Crippen molar-refractivity contribution in [3.63, 3.8) is 0 Å². The summed E-state index contributed by atoms with van der Waals surface area (Å²) < 4.78 is 18.4. The summed E-state index contributed by atoms with van der Waals surface area (Å²) in [6.07, 6.45) is 5.44. The number of fused-ring (bicyclic) bond motifs is 2. The number of ether oxygens (including phenoxy) is 1.